The standard InChI is InChI=1S/C27H36F2O7/c1-7-23(3,4)35-22(34)36-27(21(32)33)14(2)10-16-17-13-19(28)18-11-15(30)12-20(31)25(18,6)26(17,29)9-8-24(16,27)5/h11-12,14,16-17,19,31H,7-10,13H2,1-6H3,(H,32,33)/t14-,16+,17+,19+,24+,25-,26-,27+/m1/s1. The molecule has 0 spiro atoms. The lowest BCUT2D eigenvalue weighted by atomic mass is 9.45. The summed E-state index contributed by atoms with van der Waals surface area (Å²) in [4.78, 5) is 37.7. The van der Waals surface area contributed by atoms with Gasteiger partial charge >= 0.3 is 12.1 Å². The van der Waals surface area contributed by atoms with Crippen LogP contribution in [0.25, 0.3) is 0 Å². The Morgan fingerprint density at radius 3 is 2.39 bits per heavy atom. The van der Waals surface area contributed by atoms with Crippen LogP contribution < -0.4 is 0 Å². The van der Waals surface area contributed by atoms with E-state index in [9.17, 15) is 24.6 Å². The van der Waals surface area contributed by atoms with Gasteiger partial charge < -0.3 is 19.7 Å². The Morgan fingerprint density at radius 2 is 1.81 bits per heavy atom. The Morgan fingerprint density at radius 1 is 1.17 bits per heavy atom. The van der Waals surface area contributed by atoms with Crippen molar-refractivity contribution in [3.63, 3.8) is 0 Å². The molecule has 0 aromatic carbocycles. The van der Waals surface area contributed by atoms with Gasteiger partial charge in [0, 0.05) is 23.3 Å². The zero-order valence-corrected chi connectivity index (χ0v) is 21.7. The van der Waals surface area contributed by atoms with Crippen molar-refractivity contribution in [1.29, 1.82) is 0 Å². The molecule has 0 amide bonds. The number of allylic oxidation sites excluding steroid dienone is 3. The van der Waals surface area contributed by atoms with Gasteiger partial charge in [-0.25, -0.2) is 18.4 Å². The molecular weight excluding hydrogens is 474 g/mol. The summed E-state index contributed by atoms with van der Waals surface area (Å²) in [6, 6.07) is 0. The fourth-order valence-electron chi connectivity index (χ4n) is 7.68. The Labute approximate surface area is 209 Å². The van der Waals surface area contributed by atoms with Crippen LogP contribution in [0.3, 0.4) is 0 Å². The number of fused-ring (bicyclic) bond motifs is 5. The van der Waals surface area contributed by atoms with E-state index >= 15 is 8.78 Å². The van der Waals surface area contributed by atoms with Gasteiger partial charge in [0.2, 0.25) is 5.60 Å². The predicted molar refractivity (Wildman–Crippen MR) is 126 cm³/mol. The quantitative estimate of drug-likeness (QED) is 0.472. The van der Waals surface area contributed by atoms with Crippen molar-refractivity contribution in [2.24, 2.45) is 28.6 Å². The molecule has 4 rings (SSSR count). The molecule has 7 nitrogen and oxygen atoms in total. The van der Waals surface area contributed by atoms with Gasteiger partial charge in [0.05, 0.1) is 5.41 Å². The molecule has 0 aromatic heterocycles. The van der Waals surface area contributed by atoms with Crippen molar-refractivity contribution in [2.75, 3.05) is 0 Å². The first-order chi connectivity index (χ1) is 16.5. The summed E-state index contributed by atoms with van der Waals surface area (Å²) in [5, 5.41) is 21.2. The van der Waals surface area contributed by atoms with Crippen molar-refractivity contribution in [2.45, 2.75) is 96.7 Å². The maximum atomic E-state index is 17.2. The molecule has 8 atom stereocenters. The Bertz CT molecular complexity index is 1070. The lowest BCUT2D eigenvalue weighted by Gasteiger charge is -2.61. The number of aliphatic hydroxyl groups excluding tert-OH is 1. The van der Waals surface area contributed by atoms with Gasteiger partial charge in [-0.05, 0) is 70.4 Å². The lowest BCUT2D eigenvalue weighted by molar-refractivity contribution is -0.207. The van der Waals surface area contributed by atoms with Crippen molar-refractivity contribution in [1.82, 2.24) is 0 Å². The first kappa shape index (κ1) is 26.6. The van der Waals surface area contributed by atoms with Crippen LogP contribution in [0.1, 0.15) is 73.6 Å². The normalized spacial score (nSPS) is 43.9. The second-order valence-electron chi connectivity index (χ2n) is 12.1. The van der Waals surface area contributed by atoms with E-state index in [-0.39, 0.29) is 31.3 Å². The largest absolute Gasteiger partial charge is 0.511 e. The van der Waals surface area contributed by atoms with Gasteiger partial charge in [0.1, 0.15) is 23.2 Å². The van der Waals surface area contributed by atoms with E-state index in [0.717, 1.165) is 12.2 Å². The highest BCUT2D eigenvalue weighted by atomic mass is 19.1. The fraction of sp³-hybridized carbons (Fsp3) is 0.741. The predicted octanol–water partition coefficient (Wildman–Crippen LogP) is 5.63. The average Bonchev–Trinajstić information content (AvgIpc) is 2.99. The molecule has 0 saturated heterocycles. The van der Waals surface area contributed by atoms with Crippen LogP contribution in [0.4, 0.5) is 13.6 Å². The molecule has 0 heterocycles. The second-order valence-corrected chi connectivity index (χ2v) is 12.1. The van der Waals surface area contributed by atoms with Crippen LogP contribution in [-0.4, -0.2) is 51.2 Å². The van der Waals surface area contributed by atoms with Crippen LogP contribution in [0.15, 0.2) is 23.5 Å². The number of carboxylic acids is 1. The van der Waals surface area contributed by atoms with Gasteiger partial charge in [0.25, 0.3) is 0 Å². The number of rotatable bonds is 4. The number of aliphatic hydroxyl groups is 1. The highest BCUT2D eigenvalue weighted by molar-refractivity contribution is 6.02. The zero-order valence-electron chi connectivity index (χ0n) is 21.7. The van der Waals surface area contributed by atoms with E-state index in [1.165, 1.54) is 6.92 Å². The number of carbonyl (C=O) groups is 3. The van der Waals surface area contributed by atoms with Crippen molar-refractivity contribution < 1.29 is 42.9 Å². The van der Waals surface area contributed by atoms with Gasteiger partial charge in [0.15, 0.2) is 5.78 Å². The molecule has 4 aliphatic rings. The molecule has 0 aliphatic heterocycles. The SMILES string of the molecule is CCC(C)(C)OC(=O)O[C@]1(C(=O)O)[C@H](C)C[C@H]2[C@@H]3C[C@H](F)C4=CC(=O)C=C(O)[C@]4(C)[C@@]3(F)CC[C@@]21C. The minimum absolute atomic E-state index is 0.0206. The maximum absolute atomic E-state index is 17.2. The van der Waals surface area contributed by atoms with Crippen molar-refractivity contribution in [3.8, 4) is 0 Å². The molecule has 2 N–H and O–H groups in total. The van der Waals surface area contributed by atoms with Gasteiger partial charge in [-0.1, -0.05) is 20.8 Å². The number of ketones is 1. The number of hydrogen-bond donors (Lipinski definition) is 2. The molecule has 36 heavy (non-hydrogen) atoms. The van der Waals surface area contributed by atoms with Crippen molar-refractivity contribution >= 4 is 17.9 Å². The first-order valence-electron chi connectivity index (χ1n) is 12.7. The molecule has 0 bridgehead atoms. The maximum Gasteiger partial charge on any atom is 0.509 e. The highest BCUT2D eigenvalue weighted by Gasteiger charge is 2.77. The molecule has 4 aliphatic carbocycles. The zero-order chi connectivity index (χ0) is 27.1. The van der Waals surface area contributed by atoms with E-state index in [4.69, 9.17) is 9.47 Å². The summed E-state index contributed by atoms with van der Waals surface area (Å²) in [6.45, 7) is 9.94. The number of carboxylic acid groups (broad SMARTS) is 1. The summed E-state index contributed by atoms with van der Waals surface area (Å²) in [6.07, 6.45) is -0.545. The van der Waals surface area contributed by atoms with Crippen LogP contribution in [-0.2, 0) is 19.1 Å². The van der Waals surface area contributed by atoms with Crippen LogP contribution >= 0.6 is 0 Å². The van der Waals surface area contributed by atoms with E-state index in [2.05, 4.69) is 0 Å². The van der Waals surface area contributed by atoms with Gasteiger partial charge in [-0.2, -0.15) is 0 Å². The van der Waals surface area contributed by atoms with Crippen LogP contribution in [0, 0.1) is 28.6 Å². The summed E-state index contributed by atoms with van der Waals surface area (Å²) >= 11 is 0. The number of alkyl halides is 2. The number of hydrogen-bond acceptors (Lipinski definition) is 6. The van der Waals surface area contributed by atoms with E-state index < -0.39 is 75.3 Å². The van der Waals surface area contributed by atoms with Crippen molar-refractivity contribution in [3.05, 3.63) is 23.5 Å². The Hall–Kier alpha value is -2.45. The number of halogens is 2. The summed E-state index contributed by atoms with van der Waals surface area (Å²) in [5.41, 5.74) is -8.02. The van der Waals surface area contributed by atoms with Gasteiger partial charge in [-0.3, -0.25) is 4.79 Å². The third kappa shape index (κ3) is 3.23. The average molecular weight is 511 g/mol. The third-order valence-corrected chi connectivity index (χ3v) is 10.1. The van der Waals surface area contributed by atoms with Gasteiger partial charge in [-0.15, -0.1) is 0 Å². The molecule has 0 unspecified atom stereocenters. The smallest absolute Gasteiger partial charge is 0.509 e. The molecule has 200 valence electrons. The molecular formula is C27H36F2O7. The number of carbonyl (C=O) groups excluding carboxylic acids is 2. The van der Waals surface area contributed by atoms with Crippen LogP contribution in [0.5, 0.6) is 0 Å². The summed E-state index contributed by atoms with van der Waals surface area (Å²) in [5.74, 6) is -4.77. The second kappa shape index (κ2) is 8.02. The summed E-state index contributed by atoms with van der Waals surface area (Å²) in [7, 11) is 0. The van der Waals surface area contributed by atoms with E-state index in [1.54, 1.807) is 27.7 Å². The number of aliphatic carboxylic acids is 1. The molecule has 9 heteroatoms. The lowest BCUT2D eigenvalue weighted by Crippen LogP contribution is -2.66. The van der Waals surface area contributed by atoms with E-state index in [0.29, 0.717) is 6.42 Å². The minimum atomic E-state index is -2.12. The molecule has 3 fully saturated rings. The fourth-order valence-corrected chi connectivity index (χ4v) is 7.68. The monoisotopic (exact) mass is 510 g/mol. The van der Waals surface area contributed by atoms with Crippen LogP contribution in [0.2, 0.25) is 0 Å². The Kier molecular flexibility index (Phi) is 5.93. The summed E-state index contributed by atoms with van der Waals surface area (Å²) < 4.78 is 43.9. The Balaban J connectivity index is 1.78. The number of ether oxygens (including phenoxy) is 2. The molecule has 0 radical (unpaired) electrons. The van der Waals surface area contributed by atoms with E-state index in [1.807, 2.05) is 6.92 Å². The topological polar surface area (TPSA) is 110 Å². The third-order valence-electron chi connectivity index (χ3n) is 10.1. The minimum Gasteiger partial charge on any atom is -0.511 e. The first-order valence-corrected chi connectivity index (χ1v) is 12.7. The molecule has 0 aromatic rings. The highest BCUT2D eigenvalue weighted by Crippen LogP contribution is 2.72. The molecule has 3 saturated carbocycles.